The first kappa shape index (κ1) is 21.7. The Morgan fingerprint density at radius 2 is 2.36 bits per heavy atom. The van der Waals surface area contributed by atoms with E-state index in [4.69, 9.17) is 9.94 Å². The maximum Gasteiger partial charge on any atom is 0.251 e. The van der Waals surface area contributed by atoms with Crippen LogP contribution in [-0.2, 0) is 4.79 Å². The summed E-state index contributed by atoms with van der Waals surface area (Å²) in [6, 6.07) is 2.70. The number of hydrogen-bond acceptors (Lipinski definition) is 7. The Morgan fingerprint density at radius 1 is 1.61 bits per heavy atom. The largest absolute Gasteiger partial charge is 0.489 e. The third-order valence-electron chi connectivity index (χ3n) is 4.25. The molecule has 1 unspecified atom stereocenters. The van der Waals surface area contributed by atoms with Gasteiger partial charge in [-0.2, -0.15) is 0 Å². The number of carbonyl (C=O) groups is 1. The quantitative estimate of drug-likeness (QED) is 0.252. The summed E-state index contributed by atoms with van der Waals surface area (Å²) in [5.41, 5.74) is -0.323. The number of amides is 1. The minimum Gasteiger partial charge on any atom is -0.489 e. The number of nitrogens with one attached hydrogen (secondary N) is 2. The maximum absolute atomic E-state index is 13.0. The number of pyridine rings is 1. The van der Waals surface area contributed by atoms with Gasteiger partial charge in [0.05, 0.1) is 6.04 Å². The molecule has 0 spiro atoms. The molecule has 1 aliphatic rings. The van der Waals surface area contributed by atoms with E-state index in [9.17, 15) is 9.59 Å². The molecule has 28 heavy (non-hydrogen) atoms. The van der Waals surface area contributed by atoms with Crippen molar-refractivity contribution in [2.75, 3.05) is 12.4 Å². The van der Waals surface area contributed by atoms with E-state index < -0.39 is 5.54 Å². The fourth-order valence-electron chi connectivity index (χ4n) is 2.71. The van der Waals surface area contributed by atoms with Crippen molar-refractivity contribution >= 4 is 28.4 Å². The zero-order valence-corrected chi connectivity index (χ0v) is 17.1. The number of ether oxygens (including phenoxy) is 1. The molecule has 0 fully saturated rings. The van der Waals surface area contributed by atoms with Crippen molar-refractivity contribution < 1.29 is 14.7 Å². The zero-order chi connectivity index (χ0) is 20.7. The summed E-state index contributed by atoms with van der Waals surface area (Å²) in [6.45, 7) is 9.25. The molecule has 8 nitrogen and oxygen atoms in total. The van der Waals surface area contributed by atoms with Gasteiger partial charge in [-0.3, -0.25) is 14.6 Å². The number of aromatic amines is 1. The van der Waals surface area contributed by atoms with Crippen LogP contribution in [0.3, 0.4) is 0 Å². The molecule has 0 bridgehead atoms. The topological polar surface area (TPSA) is 116 Å². The molecule has 0 radical (unpaired) electrons. The minimum absolute atomic E-state index is 0.252. The summed E-state index contributed by atoms with van der Waals surface area (Å²) < 4.78 is 5.47. The lowest BCUT2D eigenvalue weighted by atomic mass is 10.0. The van der Waals surface area contributed by atoms with Crippen LogP contribution < -0.4 is 15.6 Å². The number of nitrogens with zero attached hydrogens (tertiary/aromatic N) is 2. The number of thioether (sulfide) groups is 1. The van der Waals surface area contributed by atoms with Gasteiger partial charge in [0.1, 0.15) is 28.7 Å². The number of H-pyrrole nitrogens is 1. The highest BCUT2D eigenvalue weighted by Gasteiger charge is 2.39. The van der Waals surface area contributed by atoms with E-state index >= 15 is 0 Å². The average Bonchev–Trinajstić information content (AvgIpc) is 3.08. The van der Waals surface area contributed by atoms with Gasteiger partial charge in [-0.1, -0.05) is 31.2 Å². The molecule has 1 amide bonds. The Bertz CT molecular complexity index is 849. The van der Waals surface area contributed by atoms with E-state index in [-0.39, 0.29) is 24.1 Å². The Hall–Kier alpha value is -2.55. The van der Waals surface area contributed by atoms with E-state index in [1.807, 2.05) is 6.92 Å². The molecule has 3 N–H and O–H groups in total. The van der Waals surface area contributed by atoms with Crippen LogP contribution in [0.4, 0.5) is 0 Å². The van der Waals surface area contributed by atoms with Gasteiger partial charge in [-0.25, -0.2) is 0 Å². The molecule has 1 aromatic heterocycles. The predicted molar refractivity (Wildman–Crippen MR) is 112 cm³/mol. The minimum atomic E-state index is -0.977. The molecule has 0 aliphatic carbocycles. The van der Waals surface area contributed by atoms with Crippen LogP contribution >= 0.6 is 11.8 Å². The number of aromatic nitrogens is 1. The van der Waals surface area contributed by atoms with Crippen LogP contribution in [0.5, 0.6) is 5.75 Å². The fourth-order valence-corrected chi connectivity index (χ4v) is 3.84. The highest BCUT2D eigenvalue weighted by molar-refractivity contribution is 8.16. The SMILES string of the molecule is C=CCOc1cc([C@@H](CCC)NC(=O)C2(C)CSC(/C(C)=N/O)=N2)[nH]c(=O)c1. The van der Waals surface area contributed by atoms with Crippen LogP contribution in [0.1, 0.15) is 45.3 Å². The van der Waals surface area contributed by atoms with Crippen molar-refractivity contribution in [3.05, 3.63) is 40.8 Å². The first-order valence-electron chi connectivity index (χ1n) is 9.03. The third kappa shape index (κ3) is 5.25. The number of carbonyl (C=O) groups excluding carboxylic acids is 1. The lowest BCUT2D eigenvalue weighted by Crippen LogP contribution is -2.45. The molecule has 0 saturated carbocycles. The second kappa shape index (κ2) is 9.59. The highest BCUT2D eigenvalue weighted by Crippen LogP contribution is 2.30. The normalized spacial score (nSPS) is 20.4. The van der Waals surface area contributed by atoms with Crippen LogP contribution in [0.15, 0.2) is 39.7 Å². The van der Waals surface area contributed by atoms with Crippen molar-refractivity contribution in [1.29, 1.82) is 0 Å². The molecule has 2 heterocycles. The lowest BCUT2D eigenvalue weighted by Gasteiger charge is -2.25. The van der Waals surface area contributed by atoms with Crippen LogP contribution in [-0.4, -0.2) is 44.8 Å². The number of hydrogen-bond donors (Lipinski definition) is 3. The van der Waals surface area contributed by atoms with Gasteiger partial charge < -0.3 is 20.2 Å². The average molecular weight is 407 g/mol. The third-order valence-corrected chi connectivity index (χ3v) is 5.62. The van der Waals surface area contributed by atoms with E-state index in [0.717, 1.165) is 6.42 Å². The second-order valence-corrected chi connectivity index (χ2v) is 7.68. The summed E-state index contributed by atoms with van der Waals surface area (Å²) in [5.74, 6) is 0.614. The molecule has 2 atom stereocenters. The molecule has 1 aromatic rings. The summed E-state index contributed by atoms with van der Waals surface area (Å²) in [7, 11) is 0. The second-order valence-electron chi connectivity index (χ2n) is 6.71. The predicted octanol–water partition coefficient (Wildman–Crippen LogP) is 2.65. The zero-order valence-electron chi connectivity index (χ0n) is 16.3. The van der Waals surface area contributed by atoms with Crippen molar-refractivity contribution in [2.45, 2.75) is 45.2 Å². The van der Waals surface area contributed by atoms with Crippen LogP contribution in [0.2, 0.25) is 0 Å². The molecule has 152 valence electrons. The van der Waals surface area contributed by atoms with Gasteiger partial charge >= 0.3 is 0 Å². The molecule has 0 saturated heterocycles. The van der Waals surface area contributed by atoms with Gasteiger partial charge in [0.2, 0.25) is 5.91 Å². The van der Waals surface area contributed by atoms with Crippen molar-refractivity contribution in [3.63, 3.8) is 0 Å². The van der Waals surface area contributed by atoms with Crippen molar-refractivity contribution in [2.24, 2.45) is 10.1 Å². The molecule has 1 aliphatic heterocycles. The van der Waals surface area contributed by atoms with Gasteiger partial charge in [-0.05, 0) is 20.3 Å². The molecular formula is C19H26N4O4S. The van der Waals surface area contributed by atoms with E-state index in [0.29, 0.717) is 34.4 Å². The van der Waals surface area contributed by atoms with Gasteiger partial charge in [-0.15, -0.1) is 11.8 Å². The summed E-state index contributed by atoms with van der Waals surface area (Å²) >= 11 is 1.37. The first-order valence-corrected chi connectivity index (χ1v) is 10.0. The van der Waals surface area contributed by atoms with Gasteiger partial charge in [0, 0.05) is 23.6 Å². The monoisotopic (exact) mass is 406 g/mol. The first-order chi connectivity index (χ1) is 13.3. The van der Waals surface area contributed by atoms with Crippen LogP contribution in [0, 0.1) is 0 Å². The lowest BCUT2D eigenvalue weighted by molar-refractivity contribution is -0.125. The Morgan fingerprint density at radius 3 is 3.00 bits per heavy atom. The van der Waals surface area contributed by atoms with Crippen molar-refractivity contribution in [1.82, 2.24) is 10.3 Å². The molecule has 2 rings (SSSR count). The van der Waals surface area contributed by atoms with E-state index in [1.165, 1.54) is 17.8 Å². The number of rotatable bonds is 9. The summed E-state index contributed by atoms with van der Waals surface area (Å²) in [4.78, 5) is 32.2. The molecule has 9 heteroatoms. The highest BCUT2D eigenvalue weighted by atomic mass is 32.2. The Balaban J connectivity index is 2.24. The number of oxime groups is 1. The van der Waals surface area contributed by atoms with E-state index in [2.05, 4.69) is 27.0 Å². The fraction of sp³-hybridized carbons (Fsp3) is 0.474. The maximum atomic E-state index is 13.0. The summed E-state index contributed by atoms with van der Waals surface area (Å²) in [5, 5.41) is 15.6. The Kier molecular flexibility index (Phi) is 7.45. The van der Waals surface area contributed by atoms with Crippen molar-refractivity contribution in [3.8, 4) is 5.75 Å². The van der Waals surface area contributed by atoms with Gasteiger partial charge in [0.15, 0.2) is 0 Å². The smallest absolute Gasteiger partial charge is 0.251 e. The molecular weight excluding hydrogens is 380 g/mol. The Labute approximate surface area is 168 Å². The van der Waals surface area contributed by atoms with Crippen LogP contribution in [0.25, 0.3) is 0 Å². The van der Waals surface area contributed by atoms with Gasteiger partial charge in [0.25, 0.3) is 5.56 Å². The number of aliphatic imine (C=N–C) groups is 1. The summed E-state index contributed by atoms with van der Waals surface area (Å²) in [6.07, 6.45) is 3.04. The van der Waals surface area contributed by atoms with E-state index in [1.54, 1.807) is 26.0 Å². The molecule has 0 aromatic carbocycles. The standard InChI is InChI=1S/C19H26N4O4S/c1-5-7-14(15-9-13(27-8-6-2)10-16(24)20-15)21-18(25)19(4)11-28-17(22-19)12(3)23-26/h6,9-10,14,26H,2,5,7-8,11H2,1,3-4H3,(H,20,24)(H,21,25)/b23-12+/t14-,19?/m1/s1.